The van der Waals surface area contributed by atoms with Crippen LogP contribution < -0.4 is 0 Å². The van der Waals surface area contributed by atoms with Gasteiger partial charge in [-0.25, -0.2) is 9.38 Å². The van der Waals surface area contributed by atoms with Gasteiger partial charge in [0.1, 0.15) is 5.82 Å². The predicted octanol–water partition coefficient (Wildman–Crippen LogP) is 7.86. The number of hydrogen-bond acceptors (Lipinski definition) is 3. The third-order valence-electron chi connectivity index (χ3n) is 6.71. The smallest absolute Gasteiger partial charge is 0.416 e. The van der Waals surface area contributed by atoms with Crippen molar-refractivity contribution in [3.63, 3.8) is 0 Å². The molecule has 3 nitrogen and oxygen atoms in total. The Morgan fingerprint density at radius 2 is 1.89 bits per heavy atom. The van der Waals surface area contributed by atoms with E-state index in [1.165, 1.54) is 18.2 Å². The maximum atomic E-state index is 14.3. The normalized spacial score (nSPS) is 20.1. The first kappa shape index (κ1) is 24.9. The van der Waals surface area contributed by atoms with E-state index in [0.717, 1.165) is 41.3 Å². The molecule has 0 saturated heterocycles. The Hall–Kier alpha value is -3.74. The highest BCUT2D eigenvalue weighted by Crippen LogP contribution is 2.34. The van der Waals surface area contributed by atoms with Crippen molar-refractivity contribution in [3.05, 3.63) is 112 Å². The van der Waals surface area contributed by atoms with Gasteiger partial charge in [-0.15, -0.1) is 0 Å². The zero-order chi connectivity index (χ0) is 26.0. The van der Waals surface area contributed by atoms with Gasteiger partial charge in [0, 0.05) is 30.2 Å². The second-order valence-electron chi connectivity index (χ2n) is 9.36. The molecule has 3 aliphatic rings. The first-order valence-electron chi connectivity index (χ1n) is 12.3. The summed E-state index contributed by atoms with van der Waals surface area (Å²) < 4.78 is 60.1. The average molecular weight is 507 g/mol. The lowest BCUT2D eigenvalue weighted by Gasteiger charge is -2.16. The molecule has 2 aromatic rings. The van der Waals surface area contributed by atoms with Crippen LogP contribution in [0.3, 0.4) is 0 Å². The van der Waals surface area contributed by atoms with Crippen LogP contribution >= 0.6 is 0 Å². The van der Waals surface area contributed by atoms with Crippen LogP contribution in [0.15, 0.2) is 99.3 Å². The predicted molar refractivity (Wildman–Crippen MR) is 138 cm³/mol. The van der Waals surface area contributed by atoms with Gasteiger partial charge in [0.25, 0.3) is 0 Å². The largest absolute Gasteiger partial charge is 0.498 e. The van der Waals surface area contributed by atoms with Crippen LogP contribution in [0.2, 0.25) is 0 Å². The van der Waals surface area contributed by atoms with Crippen molar-refractivity contribution in [1.82, 2.24) is 0 Å². The molecule has 2 aromatic carbocycles. The van der Waals surface area contributed by atoms with Crippen molar-refractivity contribution in [2.75, 3.05) is 6.61 Å². The monoisotopic (exact) mass is 506 g/mol. The van der Waals surface area contributed by atoms with Gasteiger partial charge in [-0.05, 0) is 67.3 Å². The zero-order valence-electron chi connectivity index (χ0n) is 20.4. The van der Waals surface area contributed by atoms with Gasteiger partial charge in [0.2, 0.25) is 0 Å². The zero-order valence-corrected chi connectivity index (χ0v) is 20.4. The summed E-state index contributed by atoms with van der Waals surface area (Å²) in [5.74, 6) is 0.389. The lowest BCUT2D eigenvalue weighted by molar-refractivity contribution is -0.137. The summed E-state index contributed by atoms with van der Waals surface area (Å²) in [7, 11) is 0. The molecule has 0 radical (unpaired) electrons. The summed E-state index contributed by atoms with van der Waals surface area (Å²) in [5.41, 5.74) is 4.25. The van der Waals surface area contributed by atoms with Gasteiger partial charge in [-0.3, -0.25) is 4.99 Å². The molecule has 7 heteroatoms. The highest BCUT2D eigenvalue weighted by Gasteiger charge is 2.31. The number of alkyl halides is 3. The second-order valence-corrected chi connectivity index (χ2v) is 9.36. The fraction of sp³-hybridized carbons (Fsp3) is 0.267. The molecule has 0 amide bonds. The van der Waals surface area contributed by atoms with Crippen molar-refractivity contribution >= 4 is 17.5 Å². The summed E-state index contributed by atoms with van der Waals surface area (Å²) in [5, 5.41) is 0. The van der Waals surface area contributed by atoms with E-state index < -0.39 is 11.7 Å². The number of fused-ring (bicyclic) bond motifs is 1. The third-order valence-corrected chi connectivity index (χ3v) is 6.71. The molecular weight excluding hydrogens is 480 g/mol. The number of halogens is 4. The standard InChI is InChI=1S/C30H26F4N2O/c1-19-12-13-37-24(17-26(19)20-6-4-7-22(14-20)30(32,33)34)16-23-8-5-11-28-21(18-35-23)15-29(36-28)25-9-2-3-10-27(25)31/h2-4,6-7,9-11,14-15,17-18,23H,5,8,12-13,16H2,1H3. The molecule has 0 spiro atoms. The minimum Gasteiger partial charge on any atom is -0.498 e. The summed E-state index contributed by atoms with van der Waals surface area (Å²) in [4.78, 5) is 9.38. The Kier molecular flexibility index (Phi) is 6.96. The maximum absolute atomic E-state index is 14.3. The second kappa shape index (κ2) is 10.3. The highest BCUT2D eigenvalue weighted by atomic mass is 19.4. The molecule has 0 aromatic heterocycles. The van der Waals surface area contributed by atoms with Gasteiger partial charge < -0.3 is 4.74 Å². The van der Waals surface area contributed by atoms with E-state index in [2.05, 4.69) is 4.99 Å². The minimum absolute atomic E-state index is 0.0661. The van der Waals surface area contributed by atoms with Gasteiger partial charge in [0.15, 0.2) is 0 Å². The molecule has 190 valence electrons. The fourth-order valence-corrected chi connectivity index (χ4v) is 4.69. The van der Waals surface area contributed by atoms with Gasteiger partial charge in [-0.1, -0.05) is 35.9 Å². The van der Waals surface area contributed by atoms with Crippen LogP contribution in [-0.4, -0.2) is 24.6 Å². The Morgan fingerprint density at radius 3 is 2.70 bits per heavy atom. The Bertz CT molecular complexity index is 1390. The molecule has 1 atom stereocenters. The van der Waals surface area contributed by atoms with E-state index in [9.17, 15) is 17.6 Å². The SMILES string of the molecule is CC1=C(c2cccc(C(F)(F)F)c2)C=C(CC2CCC=C3N=C(c4ccccc4F)C=C3C=N2)OCC1. The molecule has 1 unspecified atom stereocenters. The van der Waals surface area contributed by atoms with Crippen molar-refractivity contribution in [3.8, 4) is 0 Å². The number of ether oxygens (including phenoxy) is 1. The first-order chi connectivity index (χ1) is 17.8. The third kappa shape index (κ3) is 5.66. The lowest BCUT2D eigenvalue weighted by Crippen LogP contribution is -2.10. The molecule has 5 rings (SSSR count). The average Bonchev–Trinajstić information content (AvgIpc) is 3.15. The first-order valence-corrected chi connectivity index (χ1v) is 12.3. The summed E-state index contributed by atoms with van der Waals surface area (Å²) in [6.07, 6.45) is 5.79. The molecule has 0 aliphatic carbocycles. The van der Waals surface area contributed by atoms with Crippen LogP contribution in [0.25, 0.3) is 5.57 Å². The van der Waals surface area contributed by atoms with Crippen LogP contribution in [0.4, 0.5) is 17.6 Å². The fourth-order valence-electron chi connectivity index (χ4n) is 4.69. The summed E-state index contributed by atoms with van der Waals surface area (Å²) in [6.45, 7) is 2.39. The molecular formula is C30H26F4N2O. The van der Waals surface area contributed by atoms with E-state index in [4.69, 9.17) is 9.73 Å². The van der Waals surface area contributed by atoms with E-state index in [0.29, 0.717) is 42.0 Å². The van der Waals surface area contributed by atoms with Gasteiger partial charge in [0.05, 0.1) is 35.4 Å². The van der Waals surface area contributed by atoms with Crippen LogP contribution in [0.5, 0.6) is 0 Å². The number of benzene rings is 2. The highest BCUT2D eigenvalue weighted by molar-refractivity contribution is 6.15. The number of hydrogen-bond donors (Lipinski definition) is 0. The number of nitrogens with zero attached hydrogens (tertiary/aromatic N) is 2. The van der Waals surface area contributed by atoms with Crippen LogP contribution in [0.1, 0.15) is 49.3 Å². The van der Waals surface area contributed by atoms with E-state index in [-0.39, 0.29) is 11.9 Å². The topological polar surface area (TPSA) is 34.0 Å². The minimum atomic E-state index is -4.40. The molecule has 0 N–H and O–H groups in total. The Morgan fingerprint density at radius 1 is 1.05 bits per heavy atom. The van der Waals surface area contributed by atoms with Crippen LogP contribution in [-0.2, 0) is 10.9 Å². The van der Waals surface area contributed by atoms with Crippen molar-refractivity contribution < 1.29 is 22.3 Å². The van der Waals surface area contributed by atoms with E-state index >= 15 is 0 Å². The Labute approximate surface area is 213 Å². The molecule has 0 fully saturated rings. The number of rotatable bonds is 4. The molecule has 0 saturated carbocycles. The number of aliphatic imine (C=N–C) groups is 2. The van der Waals surface area contributed by atoms with Gasteiger partial charge >= 0.3 is 6.18 Å². The maximum Gasteiger partial charge on any atom is 0.416 e. The molecule has 0 bridgehead atoms. The summed E-state index contributed by atoms with van der Waals surface area (Å²) >= 11 is 0. The summed E-state index contributed by atoms with van der Waals surface area (Å²) in [6, 6.07) is 11.9. The van der Waals surface area contributed by atoms with Crippen molar-refractivity contribution in [2.45, 2.75) is 44.8 Å². The van der Waals surface area contributed by atoms with Gasteiger partial charge in [-0.2, -0.15) is 13.2 Å². The lowest BCUT2D eigenvalue weighted by atomic mass is 9.96. The van der Waals surface area contributed by atoms with Crippen molar-refractivity contribution in [1.29, 1.82) is 0 Å². The van der Waals surface area contributed by atoms with E-state index in [1.54, 1.807) is 30.5 Å². The number of allylic oxidation sites excluding steroid dienone is 5. The molecule has 3 heterocycles. The quantitative estimate of drug-likeness (QED) is 0.389. The van der Waals surface area contributed by atoms with Crippen molar-refractivity contribution in [2.24, 2.45) is 9.98 Å². The Balaban J connectivity index is 1.36. The van der Waals surface area contributed by atoms with E-state index in [1.807, 2.05) is 25.2 Å². The van der Waals surface area contributed by atoms with Crippen LogP contribution in [0, 0.1) is 5.82 Å². The molecule has 37 heavy (non-hydrogen) atoms. The molecule has 3 aliphatic heterocycles.